The molecule has 1 heterocycles. The number of primary amides is 1. The topological polar surface area (TPSA) is 136 Å². The third-order valence-corrected chi connectivity index (χ3v) is 10.3. The van der Waals surface area contributed by atoms with Crippen molar-refractivity contribution in [1.29, 1.82) is 0 Å². The molecule has 1 unspecified atom stereocenters. The van der Waals surface area contributed by atoms with E-state index >= 15 is 0 Å². The molecule has 4 rings (SSSR count). The minimum absolute atomic E-state index is 0.0337. The second-order valence-corrected chi connectivity index (χ2v) is 13.0. The number of ketones is 1. The molecular weight excluding hydrogens is 432 g/mol. The van der Waals surface area contributed by atoms with Gasteiger partial charge in [0.1, 0.15) is 6.04 Å². The van der Waals surface area contributed by atoms with Crippen LogP contribution in [-0.4, -0.2) is 53.1 Å². The summed E-state index contributed by atoms with van der Waals surface area (Å²) < 4.78 is 0. The molecule has 4 atom stereocenters. The van der Waals surface area contributed by atoms with Gasteiger partial charge in [0, 0.05) is 12.0 Å². The number of amides is 3. The van der Waals surface area contributed by atoms with Gasteiger partial charge in [0.15, 0.2) is 0 Å². The SMILES string of the molecule is CC(C)(C)[C@@H](N)C(=O)N1C[C@@]2(C[C@H]1C(=O)NC(CC1CCC1)C(=O)C(N)=O)C(C)(C)C21CCC1. The Morgan fingerprint density at radius 2 is 1.68 bits per heavy atom. The number of nitrogens with one attached hydrogen (secondary N) is 1. The highest BCUT2D eigenvalue weighted by molar-refractivity contribution is 6.37. The Labute approximate surface area is 202 Å². The van der Waals surface area contributed by atoms with Gasteiger partial charge >= 0.3 is 0 Å². The maximum Gasteiger partial charge on any atom is 0.287 e. The lowest BCUT2D eigenvalue weighted by molar-refractivity contribution is -0.143. The van der Waals surface area contributed by atoms with Crippen molar-refractivity contribution in [3.05, 3.63) is 0 Å². The highest BCUT2D eigenvalue weighted by atomic mass is 16.2. The monoisotopic (exact) mass is 474 g/mol. The zero-order chi connectivity index (χ0) is 25.3. The van der Waals surface area contributed by atoms with E-state index in [2.05, 4.69) is 19.2 Å². The van der Waals surface area contributed by atoms with Crippen molar-refractivity contribution in [3.63, 3.8) is 0 Å². The summed E-state index contributed by atoms with van der Waals surface area (Å²) in [5, 5.41) is 2.83. The van der Waals surface area contributed by atoms with Crippen LogP contribution < -0.4 is 16.8 Å². The predicted octanol–water partition coefficient (Wildman–Crippen LogP) is 1.89. The fourth-order valence-electron chi connectivity index (χ4n) is 7.35. The smallest absolute Gasteiger partial charge is 0.287 e. The first-order valence-electron chi connectivity index (χ1n) is 12.9. The number of carbonyl (C=O) groups excluding carboxylic acids is 4. The van der Waals surface area contributed by atoms with Crippen LogP contribution in [-0.2, 0) is 19.2 Å². The Morgan fingerprint density at radius 1 is 1.06 bits per heavy atom. The van der Waals surface area contributed by atoms with Gasteiger partial charge in [-0.3, -0.25) is 19.2 Å². The van der Waals surface area contributed by atoms with Crippen LogP contribution in [0.15, 0.2) is 0 Å². The average molecular weight is 475 g/mol. The van der Waals surface area contributed by atoms with Crippen LogP contribution in [0.4, 0.5) is 0 Å². The third kappa shape index (κ3) is 3.50. The van der Waals surface area contributed by atoms with Crippen molar-refractivity contribution >= 4 is 23.5 Å². The Morgan fingerprint density at radius 3 is 2.09 bits per heavy atom. The normalized spacial score (nSPS) is 30.9. The van der Waals surface area contributed by atoms with Crippen LogP contribution in [0.3, 0.4) is 0 Å². The summed E-state index contributed by atoms with van der Waals surface area (Å²) in [6.45, 7) is 10.8. The highest BCUT2D eigenvalue weighted by Gasteiger charge is 2.85. The molecule has 3 aliphatic carbocycles. The van der Waals surface area contributed by atoms with Crippen molar-refractivity contribution in [2.75, 3.05) is 6.54 Å². The molecule has 2 spiro atoms. The van der Waals surface area contributed by atoms with Crippen LogP contribution in [0, 0.1) is 27.6 Å². The fraction of sp³-hybridized carbons (Fsp3) is 0.846. The van der Waals surface area contributed by atoms with Gasteiger partial charge in [-0.25, -0.2) is 0 Å². The maximum absolute atomic E-state index is 13.7. The molecule has 1 aliphatic heterocycles. The number of carbonyl (C=O) groups is 4. The van der Waals surface area contributed by atoms with Crippen molar-refractivity contribution in [2.24, 2.45) is 39.0 Å². The number of hydrogen-bond acceptors (Lipinski definition) is 5. The van der Waals surface area contributed by atoms with Gasteiger partial charge in [-0.2, -0.15) is 0 Å². The molecule has 0 bridgehead atoms. The van der Waals surface area contributed by atoms with E-state index in [-0.39, 0.29) is 28.1 Å². The summed E-state index contributed by atoms with van der Waals surface area (Å²) in [5.41, 5.74) is 11.3. The number of hydrogen-bond donors (Lipinski definition) is 3. The van der Waals surface area contributed by atoms with Gasteiger partial charge in [-0.15, -0.1) is 0 Å². The summed E-state index contributed by atoms with van der Waals surface area (Å²) in [6, 6.07) is -2.38. The summed E-state index contributed by atoms with van der Waals surface area (Å²) in [6.07, 6.45) is 7.43. The van der Waals surface area contributed by atoms with Crippen LogP contribution >= 0.6 is 0 Å². The van der Waals surface area contributed by atoms with E-state index in [9.17, 15) is 19.2 Å². The van der Waals surface area contributed by atoms with Crippen LogP contribution in [0.25, 0.3) is 0 Å². The first kappa shape index (κ1) is 25.1. The number of rotatable bonds is 7. The minimum atomic E-state index is -1.04. The zero-order valence-electron chi connectivity index (χ0n) is 21.4. The molecule has 190 valence electrons. The molecule has 3 amide bonds. The minimum Gasteiger partial charge on any atom is -0.363 e. The third-order valence-electron chi connectivity index (χ3n) is 10.3. The Kier molecular flexibility index (Phi) is 5.94. The van der Waals surface area contributed by atoms with Gasteiger partial charge in [0.25, 0.3) is 5.91 Å². The first-order chi connectivity index (χ1) is 15.7. The molecule has 4 aliphatic rings. The van der Waals surface area contributed by atoms with Crippen molar-refractivity contribution in [2.45, 2.75) is 104 Å². The molecule has 34 heavy (non-hydrogen) atoms. The number of Topliss-reactive ketones (excluding diaryl/α,β-unsaturated/α-hetero) is 1. The van der Waals surface area contributed by atoms with Crippen molar-refractivity contribution in [3.8, 4) is 0 Å². The molecule has 1 saturated heterocycles. The summed E-state index contributed by atoms with van der Waals surface area (Å²) in [7, 11) is 0. The van der Waals surface area contributed by atoms with E-state index in [0.717, 1.165) is 32.1 Å². The molecule has 0 radical (unpaired) electrons. The van der Waals surface area contributed by atoms with E-state index < -0.39 is 35.2 Å². The fourth-order valence-corrected chi connectivity index (χ4v) is 7.35. The number of nitrogens with zero attached hydrogens (tertiary/aromatic N) is 1. The lowest BCUT2D eigenvalue weighted by atomic mass is 9.73. The molecule has 5 N–H and O–H groups in total. The Hall–Kier alpha value is -1.96. The van der Waals surface area contributed by atoms with Crippen LogP contribution in [0.5, 0.6) is 0 Å². The standard InChI is InChI=1S/C26H42N4O4/c1-23(2,3)19(27)22(34)30-14-26(24(4,5)25(26)10-7-11-25)13-17(30)21(33)29-16(18(31)20(28)32)12-15-8-6-9-15/h15-17,19H,6-14,27H2,1-5H3,(H2,28,32)(H,29,33)/t16?,17-,19-,26-/m0/s1. The van der Waals surface area contributed by atoms with Gasteiger partial charge in [-0.05, 0) is 47.8 Å². The number of likely N-dealkylation sites (tertiary alicyclic amines) is 1. The van der Waals surface area contributed by atoms with E-state index in [1.165, 1.54) is 6.42 Å². The largest absolute Gasteiger partial charge is 0.363 e. The second kappa shape index (κ2) is 8.04. The predicted molar refractivity (Wildman–Crippen MR) is 128 cm³/mol. The van der Waals surface area contributed by atoms with Gasteiger partial charge < -0.3 is 21.7 Å². The van der Waals surface area contributed by atoms with E-state index in [1.54, 1.807) is 4.90 Å². The molecule has 4 fully saturated rings. The zero-order valence-corrected chi connectivity index (χ0v) is 21.4. The van der Waals surface area contributed by atoms with Crippen LogP contribution in [0.1, 0.15) is 86.0 Å². The average Bonchev–Trinajstić information content (AvgIpc) is 2.94. The van der Waals surface area contributed by atoms with Crippen LogP contribution in [0.2, 0.25) is 0 Å². The highest BCUT2D eigenvalue weighted by Crippen LogP contribution is 2.88. The number of fused-ring (bicyclic) bond motifs is 1. The Bertz CT molecular complexity index is 899. The molecule has 0 aromatic heterocycles. The van der Waals surface area contributed by atoms with Gasteiger partial charge in [0.05, 0.1) is 12.1 Å². The van der Waals surface area contributed by atoms with Crippen molar-refractivity contribution in [1.82, 2.24) is 10.2 Å². The first-order valence-corrected chi connectivity index (χ1v) is 12.9. The quantitative estimate of drug-likeness (QED) is 0.484. The number of nitrogens with two attached hydrogens (primary N) is 2. The summed E-state index contributed by atoms with van der Waals surface area (Å²) in [5.74, 6) is -2.09. The molecule has 8 nitrogen and oxygen atoms in total. The van der Waals surface area contributed by atoms with Gasteiger partial charge in [-0.1, -0.05) is 60.3 Å². The van der Waals surface area contributed by atoms with E-state index in [0.29, 0.717) is 25.3 Å². The Balaban J connectivity index is 1.60. The van der Waals surface area contributed by atoms with Gasteiger partial charge in [0.2, 0.25) is 17.6 Å². The molecule has 0 aromatic rings. The molecule has 0 aromatic carbocycles. The summed E-state index contributed by atoms with van der Waals surface area (Å²) >= 11 is 0. The van der Waals surface area contributed by atoms with E-state index in [4.69, 9.17) is 11.5 Å². The molecule has 3 saturated carbocycles. The molecule has 8 heteroatoms. The second-order valence-electron chi connectivity index (χ2n) is 13.0. The lowest BCUT2D eigenvalue weighted by Gasteiger charge is -2.34. The summed E-state index contributed by atoms with van der Waals surface area (Å²) in [4.78, 5) is 53.1. The molecular formula is C26H42N4O4. The van der Waals surface area contributed by atoms with Crippen molar-refractivity contribution < 1.29 is 19.2 Å². The maximum atomic E-state index is 13.7. The lowest BCUT2D eigenvalue weighted by Crippen LogP contribution is -2.57. The van der Waals surface area contributed by atoms with E-state index in [1.807, 2.05) is 20.8 Å².